The number of nitriles is 2. The highest BCUT2D eigenvalue weighted by atomic mass is 32.1. The van der Waals surface area contributed by atoms with E-state index in [0.717, 1.165) is 71.7 Å². The van der Waals surface area contributed by atoms with Gasteiger partial charge in [0.25, 0.3) is 0 Å². The quantitative estimate of drug-likeness (QED) is 0.180. The molecule has 0 aliphatic carbocycles. The van der Waals surface area contributed by atoms with Crippen molar-refractivity contribution in [3.05, 3.63) is 168 Å². The van der Waals surface area contributed by atoms with Crippen molar-refractivity contribution in [2.24, 2.45) is 0 Å². The average Bonchev–Trinajstić information content (AvgIpc) is 4.00. The number of rotatable bonds is 3. The van der Waals surface area contributed by atoms with Crippen molar-refractivity contribution in [2.45, 2.75) is 6.92 Å². The number of nitrogens with zero attached hydrogens (tertiary/aromatic N) is 4. The Labute approximate surface area is 334 Å². The molecule has 0 N–H and O–H groups in total. The van der Waals surface area contributed by atoms with Gasteiger partial charge in [-0.05, 0) is 66.6 Å². The van der Waals surface area contributed by atoms with Gasteiger partial charge in [-0.25, -0.2) is 0 Å². The van der Waals surface area contributed by atoms with Crippen molar-refractivity contribution in [2.75, 3.05) is 0 Å². The third-order valence-corrected chi connectivity index (χ3v) is 13.9. The molecule has 0 aliphatic rings. The van der Waals surface area contributed by atoms with Crippen molar-refractivity contribution in [3.63, 3.8) is 0 Å². The summed E-state index contributed by atoms with van der Waals surface area (Å²) in [5.41, 5.74) is 10.1. The first kappa shape index (κ1) is 32.1. The average molecular weight is 761 g/mol. The third kappa shape index (κ3) is 4.46. The maximum atomic E-state index is 10.9. The largest absolute Gasteiger partial charge is 0.307 e. The Bertz CT molecular complexity index is 3590. The lowest BCUT2D eigenvalue weighted by molar-refractivity contribution is 1.14. The third-order valence-electron chi connectivity index (χ3n) is 11.6. The fourth-order valence-corrected chi connectivity index (χ4v) is 11.8. The summed E-state index contributed by atoms with van der Waals surface area (Å²) in [6.07, 6.45) is 0. The van der Waals surface area contributed by atoms with E-state index in [1.165, 1.54) is 40.3 Å². The monoisotopic (exact) mass is 760 g/mol. The number of hydrogen-bond acceptors (Lipinski definition) is 4. The zero-order chi connectivity index (χ0) is 37.9. The maximum absolute atomic E-state index is 10.9. The summed E-state index contributed by atoms with van der Waals surface area (Å²) in [6, 6.07) is 58.7. The molecule has 8 aromatic carbocycles. The number of para-hydroxylation sites is 2. The number of hydrogen-bond donors (Lipinski definition) is 0. The molecule has 57 heavy (non-hydrogen) atoms. The zero-order valence-electron chi connectivity index (χ0n) is 30.5. The van der Waals surface area contributed by atoms with Crippen molar-refractivity contribution in [3.8, 4) is 34.6 Å². The molecular formula is C51H28N4S2. The molecule has 0 unspecified atom stereocenters. The molecule has 0 spiro atoms. The Morgan fingerprint density at radius 2 is 0.877 bits per heavy atom. The van der Waals surface area contributed by atoms with E-state index >= 15 is 0 Å². The molecule has 4 aromatic heterocycles. The van der Waals surface area contributed by atoms with Crippen LogP contribution in [0.5, 0.6) is 0 Å². The Morgan fingerprint density at radius 1 is 0.439 bits per heavy atom. The van der Waals surface area contributed by atoms with Gasteiger partial charge in [-0.15, -0.1) is 22.7 Å². The number of aryl methyl sites for hydroxylation is 1. The van der Waals surface area contributed by atoms with Gasteiger partial charge in [-0.2, -0.15) is 10.5 Å². The van der Waals surface area contributed by atoms with Crippen LogP contribution in [0.1, 0.15) is 16.7 Å². The number of aromatic nitrogens is 2. The van der Waals surface area contributed by atoms with Crippen LogP contribution < -0.4 is 0 Å². The van der Waals surface area contributed by atoms with Crippen LogP contribution in [0.4, 0.5) is 0 Å². The smallest absolute Gasteiger partial charge is 0.0993 e. The summed E-state index contributed by atoms with van der Waals surface area (Å²) < 4.78 is 9.65. The first-order chi connectivity index (χ1) is 28.1. The maximum Gasteiger partial charge on any atom is 0.0993 e. The first-order valence-corrected chi connectivity index (χ1v) is 20.5. The van der Waals surface area contributed by atoms with Gasteiger partial charge in [0.05, 0.1) is 66.1 Å². The molecule has 12 aromatic rings. The predicted octanol–water partition coefficient (Wildman–Crippen LogP) is 14.3. The van der Waals surface area contributed by atoms with E-state index in [0.29, 0.717) is 11.1 Å². The van der Waals surface area contributed by atoms with Crippen LogP contribution in [-0.4, -0.2) is 9.13 Å². The number of fused-ring (bicyclic) bond motifs is 14. The van der Waals surface area contributed by atoms with Crippen LogP contribution in [0, 0.1) is 29.6 Å². The Hall–Kier alpha value is -7.22. The second-order valence-corrected chi connectivity index (χ2v) is 16.9. The van der Waals surface area contributed by atoms with E-state index in [1.807, 2.05) is 46.9 Å². The Kier molecular flexibility index (Phi) is 6.69. The molecule has 0 aliphatic heterocycles. The lowest BCUT2D eigenvalue weighted by Gasteiger charge is -2.21. The standard InChI is InChI=1S/C51H28N4S2/c1-29-22-30(27-52)24-32(23-29)47-43(54-41-14-6-2-10-33(41)37-18-20-39-35-12-4-8-16-45(35)56-50(39)48(37)54)25-31(28-53)26-44(47)55-42-15-7-3-11-34(42)38-19-21-40-36-13-5-9-17-46(36)57-51(40)49(38)55/h2-26H,1H3. The van der Waals surface area contributed by atoms with E-state index in [-0.39, 0.29) is 0 Å². The summed E-state index contributed by atoms with van der Waals surface area (Å²) >= 11 is 3.62. The summed E-state index contributed by atoms with van der Waals surface area (Å²) in [7, 11) is 0. The predicted molar refractivity (Wildman–Crippen MR) is 241 cm³/mol. The summed E-state index contributed by atoms with van der Waals surface area (Å²) in [5.74, 6) is 0. The molecule has 4 nitrogen and oxygen atoms in total. The van der Waals surface area contributed by atoms with Crippen molar-refractivity contribution >= 4 is 107 Å². The molecule has 4 heterocycles. The van der Waals surface area contributed by atoms with Gasteiger partial charge in [0.2, 0.25) is 0 Å². The molecule has 0 saturated carbocycles. The SMILES string of the molecule is Cc1cc(C#N)cc(-c2c(-n3c4ccccc4c4ccc5c6ccccc6sc5c43)cc(C#N)cc2-n2c3ccccc3c3ccc4c5ccccc5sc4c32)c1. The topological polar surface area (TPSA) is 57.4 Å². The minimum Gasteiger partial charge on any atom is -0.307 e. The molecule has 0 radical (unpaired) electrons. The highest BCUT2D eigenvalue weighted by Gasteiger charge is 2.26. The minimum atomic E-state index is 0.556. The van der Waals surface area contributed by atoms with Gasteiger partial charge < -0.3 is 9.13 Å². The van der Waals surface area contributed by atoms with E-state index in [1.54, 1.807) is 0 Å². The summed E-state index contributed by atoms with van der Waals surface area (Å²) in [5, 5.41) is 30.8. The van der Waals surface area contributed by atoms with Gasteiger partial charge in [0.15, 0.2) is 0 Å². The highest BCUT2D eigenvalue weighted by Crippen LogP contribution is 2.48. The van der Waals surface area contributed by atoms with Gasteiger partial charge in [-0.1, -0.05) is 103 Å². The van der Waals surface area contributed by atoms with E-state index < -0.39 is 0 Å². The summed E-state index contributed by atoms with van der Waals surface area (Å²) in [4.78, 5) is 0. The van der Waals surface area contributed by atoms with Crippen molar-refractivity contribution < 1.29 is 0 Å². The van der Waals surface area contributed by atoms with Crippen LogP contribution in [-0.2, 0) is 0 Å². The lowest BCUT2D eigenvalue weighted by Crippen LogP contribution is -2.05. The number of benzene rings is 8. The first-order valence-electron chi connectivity index (χ1n) is 18.9. The minimum absolute atomic E-state index is 0.556. The second-order valence-electron chi connectivity index (χ2n) is 14.8. The van der Waals surface area contributed by atoms with Crippen LogP contribution in [0.3, 0.4) is 0 Å². The van der Waals surface area contributed by atoms with Gasteiger partial charge >= 0.3 is 0 Å². The highest BCUT2D eigenvalue weighted by molar-refractivity contribution is 7.27. The molecule has 6 heteroatoms. The Balaban J connectivity index is 1.33. The van der Waals surface area contributed by atoms with Crippen LogP contribution in [0.25, 0.3) is 106 Å². The molecular weight excluding hydrogens is 733 g/mol. The fraction of sp³-hybridized carbons (Fsp3) is 0.0196. The molecule has 0 saturated heterocycles. The van der Waals surface area contributed by atoms with E-state index in [2.05, 4.69) is 156 Å². The van der Waals surface area contributed by atoms with Gasteiger partial charge in [0, 0.05) is 58.1 Å². The van der Waals surface area contributed by atoms with E-state index in [4.69, 9.17) is 0 Å². The molecule has 0 amide bonds. The zero-order valence-corrected chi connectivity index (χ0v) is 32.2. The molecule has 0 atom stereocenters. The second kappa shape index (κ2) is 11.9. The van der Waals surface area contributed by atoms with Crippen molar-refractivity contribution in [1.82, 2.24) is 9.13 Å². The summed E-state index contributed by atoms with van der Waals surface area (Å²) in [6.45, 7) is 2.05. The molecule has 264 valence electrons. The lowest BCUT2D eigenvalue weighted by atomic mass is 9.95. The number of thiophene rings is 2. The van der Waals surface area contributed by atoms with Gasteiger partial charge in [0.1, 0.15) is 0 Å². The Morgan fingerprint density at radius 3 is 1.39 bits per heavy atom. The van der Waals surface area contributed by atoms with Crippen LogP contribution >= 0.6 is 22.7 Å². The molecule has 0 bridgehead atoms. The normalized spacial score (nSPS) is 11.9. The molecule has 12 rings (SSSR count). The van der Waals surface area contributed by atoms with E-state index in [9.17, 15) is 10.5 Å². The van der Waals surface area contributed by atoms with Crippen LogP contribution in [0.15, 0.2) is 152 Å². The fourth-order valence-electron chi connectivity index (χ4n) is 9.28. The van der Waals surface area contributed by atoms with Crippen molar-refractivity contribution in [1.29, 1.82) is 10.5 Å². The van der Waals surface area contributed by atoms with Gasteiger partial charge in [-0.3, -0.25) is 0 Å². The van der Waals surface area contributed by atoms with Crippen LogP contribution in [0.2, 0.25) is 0 Å². The molecule has 0 fully saturated rings.